The summed E-state index contributed by atoms with van der Waals surface area (Å²) in [6.07, 6.45) is 1.66. The molecule has 1 aliphatic heterocycles. The molecule has 0 radical (unpaired) electrons. The van der Waals surface area contributed by atoms with Crippen molar-refractivity contribution in [2.24, 2.45) is 4.99 Å². The Bertz CT molecular complexity index is 1350. The van der Waals surface area contributed by atoms with Crippen LogP contribution >= 0.6 is 45.9 Å². The van der Waals surface area contributed by atoms with Crippen molar-refractivity contribution in [3.05, 3.63) is 87.2 Å². The molecule has 0 unspecified atom stereocenters. The van der Waals surface area contributed by atoms with E-state index in [1.165, 1.54) is 34.4 Å². The van der Waals surface area contributed by atoms with Crippen LogP contribution < -0.4 is 14.9 Å². The van der Waals surface area contributed by atoms with Gasteiger partial charge >= 0.3 is 5.97 Å². The Morgan fingerprint density at radius 3 is 2.62 bits per heavy atom. The van der Waals surface area contributed by atoms with Crippen LogP contribution in [0, 0.1) is 0 Å². The van der Waals surface area contributed by atoms with E-state index in [1.807, 2.05) is 17.5 Å². The molecule has 3 aromatic rings. The quantitative estimate of drug-likeness (QED) is 0.375. The lowest BCUT2D eigenvalue weighted by molar-refractivity contribution is -0.140. The Balaban J connectivity index is 1.89. The third-order valence-electron chi connectivity index (χ3n) is 4.85. The Kier molecular flexibility index (Phi) is 6.97. The summed E-state index contributed by atoms with van der Waals surface area (Å²) >= 11 is 15.3. The van der Waals surface area contributed by atoms with Gasteiger partial charge in [-0.25, -0.2) is 9.79 Å². The number of carbonyl (C=O) groups excluding carboxylic acids is 1. The molecule has 0 saturated heterocycles. The summed E-state index contributed by atoms with van der Waals surface area (Å²) < 4.78 is 12.3. The number of fused-ring (bicyclic) bond motifs is 1. The van der Waals surface area contributed by atoms with Crippen molar-refractivity contribution in [1.82, 2.24) is 4.57 Å². The molecular formula is C22H18Cl2N2O4S2. The molecule has 32 heavy (non-hydrogen) atoms. The molecule has 2 aromatic heterocycles. The summed E-state index contributed by atoms with van der Waals surface area (Å²) in [5.74, 6) is -0.523. The standard InChI is InChI=1S/C22H18Cl2N2O4S2/c1-12-18(21(28)30-9-8-29-2)19(16-7-4-10-31-16)26-20(27)17(32-22(26)25-12)11-13-14(23)5-3-6-15(13)24/h3-7,10-11,19H,8-9H2,1-2H3/b17-11-/t19-/m0/s1. The predicted molar refractivity (Wildman–Crippen MR) is 127 cm³/mol. The molecule has 1 aliphatic rings. The summed E-state index contributed by atoms with van der Waals surface area (Å²) in [6.45, 7) is 2.13. The molecule has 0 amide bonds. The number of methoxy groups -OCH3 is 1. The van der Waals surface area contributed by atoms with Crippen LogP contribution in [0.2, 0.25) is 10.0 Å². The van der Waals surface area contributed by atoms with Crippen LogP contribution in [0.1, 0.15) is 23.4 Å². The number of benzene rings is 1. The molecule has 0 fully saturated rings. The number of hydrogen-bond donors (Lipinski definition) is 0. The molecular weight excluding hydrogens is 491 g/mol. The van der Waals surface area contributed by atoms with E-state index in [0.717, 1.165) is 4.88 Å². The molecule has 0 bridgehead atoms. The Morgan fingerprint density at radius 1 is 1.22 bits per heavy atom. The first-order chi connectivity index (χ1) is 15.4. The van der Waals surface area contributed by atoms with Crippen LogP contribution in [-0.4, -0.2) is 30.9 Å². The van der Waals surface area contributed by atoms with Crippen molar-refractivity contribution in [2.45, 2.75) is 13.0 Å². The van der Waals surface area contributed by atoms with Gasteiger partial charge in [-0.2, -0.15) is 0 Å². The van der Waals surface area contributed by atoms with E-state index in [4.69, 9.17) is 32.7 Å². The van der Waals surface area contributed by atoms with Crippen LogP contribution in [0.4, 0.5) is 0 Å². The first-order valence-electron chi connectivity index (χ1n) is 9.58. The Labute approximate surface area is 201 Å². The summed E-state index contributed by atoms with van der Waals surface area (Å²) in [4.78, 5) is 32.3. The van der Waals surface area contributed by atoms with Crippen LogP contribution in [0.25, 0.3) is 6.08 Å². The third-order valence-corrected chi connectivity index (χ3v) is 7.42. The smallest absolute Gasteiger partial charge is 0.338 e. The summed E-state index contributed by atoms with van der Waals surface area (Å²) in [5.41, 5.74) is 1.12. The van der Waals surface area contributed by atoms with Gasteiger partial charge < -0.3 is 9.47 Å². The van der Waals surface area contributed by atoms with E-state index in [9.17, 15) is 9.59 Å². The van der Waals surface area contributed by atoms with Gasteiger partial charge in [0.1, 0.15) is 12.6 Å². The topological polar surface area (TPSA) is 69.9 Å². The molecule has 1 atom stereocenters. The zero-order valence-electron chi connectivity index (χ0n) is 17.1. The number of nitrogens with zero attached hydrogens (tertiary/aromatic N) is 2. The zero-order valence-corrected chi connectivity index (χ0v) is 20.3. The molecule has 4 rings (SSSR count). The molecule has 6 nitrogen and oxygen atoms in total. The summed E-state index contributed by atoms with van der Waals surface area (Å²) in [7, 11) is 1.53. The molecule has 10 heteroatoms. The fourth-order valence-electron chi connectivity index (χ4n) is 3.37. The molecule has 0 N–H and O–H groups in total. The van der Waals surface area contributed by atoms with Gasteiger partial charge in [0.05, 0.1) is 22.4 Å². The van der Waals surface area contributed by atoms with Gasteiger partial charge in [0.15, 0.2) is 4.80 Å². The minimum Gasteiger partial charge on any atom is -0.460 e. The Morgan fingerprint density at radius 2 is 1.97 bits per heavy atom. The number of esters is 1. The highest BCUT2D eigenvalue weighted by Crippen LogP contribution is 2.33. The van der Waals surface area contributed by atoms with Gasteiger partial charge in [0.25, 0.3) is 5.56 Å². The molecule has 0 spiro atoms. The van der Waals surface area contributed by atoms with Crippen LogP contribution in [0.15, 0.2) is 56.8 Å². The number of thiazole rings is 1. The van der Waals surface area contributed by atoms with Crippen LogP contribution in [0.5, 0.6) is 0 Å². The summed E-state index contributed by atoms with van der Waals surface area (Å²) in [6, 6.07) is 8.29. The number of ether oxygens (including phenoxy) is 2. The molecule has 0 saturated carbocycles. The van der Waals surface area contributed by atoms with Gasteiger partial charge in [-0.3, -0.25) is 9.36 Å². The number of carbonyl (C=O) groups is 1. The van der Waals surface area contributed by atoms with Gasteiger partial charge in [-0.1, -0.05) is 46.7 Å². The lowest BCUT2D eigenvalue weighted by Gasteiger charge is -2.23. The largest absolute Gasteiger partial charge is 0.460 e. The monoisotopic (exact) mass is 508 g/mol. The van der Waals surface area contributed by atoms with Crippen LogP contribution in [-0.2, 0) is 14.3 Å². The normalized spacial score (nSPS) is 16.1. The highest BCUT2D eigenvalue weighted by atomic mass is 35.5. The predicted octanol–water partition coefficient (Wildman–Crippen LogP) is 3.79. The maximum Gasteiger partial charge on any atom is 0.338 e. The zero-order chi connectivity index (χ0) is 22.8. The fourth-order valence-corrected chi connectivity index (χ4v) is 5.73. The minimum absolute atomic E-state index is 0.110. The van der Waals surface area contributed by atoms with Crippen molar-refractivity contribution in [1.29, 1.82) is 0 Å². The second-order valence-electron chi connectivity index (χ2n) is 6.86. The number of aromatic nitrogens is 1. The first-order valence-corrected chi connectivity index (χ1v) is 12.0. The van der Waals surface area contributed by atoms with Crippen molar-refractivity contribution >= 4 is 57.9 Å². The maximum atomic E-state index is 13.5. The lowest BCUT2D eigenvalue weighted by atomic mass is 10.0. The third kappa shape index (κ3) is 4.33. The highest BCUT2D eigenvalue weighted by Gasteiger charge is 2.34. The second-order valence-corrected chi connectivity index (χ2v) is 9.66. The van der Waals surface area contributed by atoms with E-state index >= 15 is 0 Å². The molecule has 166 valence electrons. The number of hydrogen-bond acceptors (Lipinski definition) is 7. The van der Waals surface area contributed by atoms with Gasteiger partial charge in [0.2, 0.25) is 0 Å². The minimum atomic E-state index is -0.634. The van der Waals surface area contributed by atoms with E-state index in [-0.39, 0.29) is 18.8 Å². The van der Waals surface area contributed by atoms with E-state index in [1.54, 1.807) is 31.2 Å². The van der Waals surface area contributed by atoms with E-state index in [0.29, 0.717) is 36.2 Å². The molecule has 1 aromatic carbocycles. The Hall–Kier alpha value is -2.23. The number of allylic oxidation sites excluding steroid dienone is 1. The van der Waals surface area contributed by atoms with Gasteiger partial charge in [0, 0.05) is 27.6 Å². The van der Waals surface area contributed by atoms with Crippen LogP contribution in [0.3, 0.4) is 0 Å². The number of thiophene rings is 1. The van der Waals surface area contributed by atoms with Crippen molar-refractivity contribution in [3.63, 3.8) is 0 Å². The van der Waals surface area contributed by atoms with Gasteiger partial charge in [-0.05, 0) is 36.6 Å². The van der Waals surface area contributed by atoms with Crippen molar-refractivity contribution in [3.8, 4) is 0 Å². The fraction of sp³-hybridized carbons (Fsp3) is 0.227. The maximum absolute atomic E-state index is 13.5. The SMILES string of the molecule is COCCOC(=O)C1=C(C)N=c2s/c(=C\c3c(Cl)cccc3Cl)c(=O)n2[C@H]1c1cccs1. The molecule has 3 heterocycles. The van der Waals surface area contributed by atoms with Crippen molar-refractivity contribution < 1.29 is 14.3 Å². The number of halogens is 2. The average Bonchev–Trinajstić information content (AvgIpc) is 3.39. The van der Waals surface area contributed by atoms with Crippen molar-refractivity contribution in [2.75, 3.05) is 20.3 Å². The summed E-state index contributed by atoms with van der Waals surface area (Å²) in [5, 5.41) is 2.78. The first kappa shape index (κ1) is 22.9. The molecule has 0 aliphatic carbocycles. The number of rotatable bonds is 6. The van der Waals surface area contributed by atoms with E-state index in [2.05, 4.69) is 4.99 Å². The lowest BCUT2D eigenvalue weighted by Crippen LogP contribution is -2.39. The van der Waals surface area contributed by atoms with Gasteiger partial charge in [-0.15, -0.1) is 11.3 Å². The highest BCUT2D eigenvalue weighted by molar-refractivity contribution is 7.10. The average molecular weight is 509 g/mol. The second kappa shape index (κ2) is 9.72. The van der Waals surface area contributed by atoms with E-state index < -0.39 is 12.0 Å².